The predicted octanol–water partition coefficient (Wildman–Crippen LogP) is 2.48. The molecule has 0 saturated carbocycles. The maximum absolute atomic E-state index is 13.5. The van der Waals surface area contributed by atoms with E-state index in [1.165, 1.54) is 17.8 Å². The highest BCUT2D eigenvalue weighted by molar-refractivity contribution is 8.04. The van der Waals surface area contributed by atoms with Crippen molar-refractivity contribution in [2.24, 2.45) is 5.92 Å². The van der Waals surface area contributed by atoms with Gasteiger partial charge in [0.05, 0.1) is 22.4 Å². The normalized spacial score (nSPS) is 27.2. The highest BCUT2D eigenvalue weighted by Gasteiger charge is 2.52. The van der Waals surface area contributed by atoms with Gasteiger partial charge in [-0.05, 0) is 70.0 Å². The van der Waals surface area contributed by atoms with Gasteiger partial charge in [-0.3, -0.25) is 14.5 Å². The van der Waals surface area contributed by atoms with E-state index >= 15 is 0 Å². The Bertz CT molecular complexity index is 1140. The van der Waals surface area contributed by atoms with E-state index in [0.29, 0.717) is 30.1 Å². The second kappa shape index (κ2) is 9.82. The van der Waals surface area contributed by atoms with Crippen molar-refractivity contribution >= 4 is 35.3 Å². The number of rotatable bonds is 6. The topological polar surface area (TPSA) is 103 Å². The molecule has 0 radical (unpaired) electrons. The second-order valence-corrected chi connectivity index (χ2v) is 11.1. The molecule has 0 aliphatic carbocycles. The van der Waals surface area contributed by atoms with Crippen molar-refractivity contribution in [3.63, 3.8) is 0 Å². The standard InChI is InChI=1S/C26H33N5O4S/c1-5-20(32)30-11-9-16(13-30)28-24(33)23-22-21-19(8-10-27-25(21)36-23)31(26(34)29-22)18-7-6-17(12-15(18)4)35-14(2)3/h5-7,12,14,16,19,21,25,27H,1,8-11,13H2,2-4H3,(H,28,33)(H,29,34)/t16-,19?,21?,25?/m1/s1. The first kappa shape index (κ1) is 24.7. The number of piperidine rings is 1. The van der Waals surface area contributed by atoms with E-state index in [9.17, 15) is 14.4 Å². The Labute approximate surface area is 215 Å². The van der Waals surface area contributed by atoms with E-state index in [0.717, 1.165) is 30.0 Å². The number of nitrogens with zero attached hydrogens (tertiary/aromatic N) is 2. The summed E-state index contributed by atoms with van der Waals surface area (Å²) >= 11 is 1.49. The number of thioether (sulfide) groups is 1. The molecule has 0 spiro atoms. The Kier molecular flexibility index (Phi) is 6.74. The fraction of sp³-hybridized carbons (Fsp3) is 0.500. The van der Waals surface area contributed by atoms with Crippen LogP contribution in [0.2, 0.25) is 0 Å². The molecular weight excluding hydrogens is 478 g/mol. The number of nitrogens with one attached hydrogen (secondary N) is 3. The van der Waals surface area contributed by atoms with E-state index in [2.05, 4.69) is 22.5 Å². The molecule has 9 nitrogen and oxygen atoms in total. The lowest BCUT2D eigenvalue weighted by Crippen LogP contribution is -2.62. The maximum Gasteiger partial charge on any atom is 0.326 e. The highest BCUT2D eigenvalue weighted by atomic mass is 32.2. The van der Waals surface area contributed by atoms with Crippen molar-refractivity contribution in [3.05, 3.63) is 47.0 Å². The number of carbonyl (C=O) groups is 3. The number of hydrogen-bond donors (Lipinski definition) is 3. The van der Waals surface area contributed by atoms with Crippen LogP contribution < -0.4 is 25.6 Å². The number of anilines is 1. The summed E-state index contributed by atoms with van der Waals surface area (Å²) in [6, 6.07) is 5.43. The molecule has 4 amide bonds. The average Bonchev–Trinajstić information content (AvgIpc) is 3.45. The van der Waals surface area contributed by atoms with Gasteiger partial charge in [0.1, 0.15) is 5.75 Å². The number of aryl methyl sites for hydroxylation is 1. The van der Waals surface area contributed by atoms with Gasteiger partial charge < -0.3 is 25.6 Å². The van der Waals surface area contributed by atoms with Gasteiger partial charge in [0.25, 0.3) is 5.91 Å². The van der Waals surface area contributed by atoms with E-state index in [1.807, 2.05) is 43.9 Å². The van der Waals surface area contributed by atoms with Crippen LogP contribution in [0.25, 0.3) is 0 Å². The molecule has 3 saturated heterocycles. The minimum atomic E-state index is -0.219. The maximum atomic E-state index is 13.5. The first-order chi connectivity index (χ1) is 17.3. The third-order valence-corrected chi connectivity index (χ3v) is 8.51. The molecule has 10 heteroatoms. The smallest absolute Gasteiger partial charge is 0.326 e. The Morgan fingerprint density at radius 1 is 1.31 bits per heavy atom. The molecule has 1 aromatic rings. The van der Waals surface area contributed by atoms with Crippen LogP contribution in [0.3, 0.4) is 0 Å². The van der Waals surface area contributed by atoms with Crippen LogP contribution in [0.1, 0.15) is 32.3 Å². The van der Waals surface area contributed by atoms with Crippen molar-refractivity contribution < 1.29 is 19.1 Å². The summed E-state index contributed by atoms with van der Waals surface area (Å²) in [5.74, 6) is 0.447. The van der Waals surface area contributed by atoms with Crippen LogP contribution in [-0.4, -0.2) is 65.9 Å². The van der Waals surface area contributed by atoms with Gasteiger partial charge in [-0.15, -0.1) is 0 Å². The Morgan fingerprint density at radius 3 is 2.83 bits per heavy atom. The predicted molar refractivity (Wildman–Crippen MR) is 140 cm³/mol. The molecule has 36 heavy (non-hydrogen) atoms. The van der Waals surface area contributed by atoms with Crippen LogP contribution in [0.5, 0.6) is 5.75 Å². The molecule has 4 aliphatic heterocycles. The van der Waals surface area contributed by atoms with Crippen LogP contribution in [-0.2, 0) is 9.59 Å². The lowest BCUT2D eigenvalue weighted by atomic mass is 9.86. The number of benzene rings is 1. The van der Waals surface area contributed by atoms with Crippen LogP contribution >= 0.6 is 11.8 Å². The van der Waals surface area contributed by atoms with Crippen LogP contribution in [0.15, 0.2) is 41.5 Å². The second-order valence-electron chi connectivity index (χ2n) is 9.98. The van der Waals surface area contributed by atoms with Gasteiger partial charge >= 0.3 is 6.03 Å². The number of carbonyl (C=O) groups excluding carboxylic acids is 3. The molecular formula is C26H33N5O4S. The van der Waals surface area contributed by atoms with Gasteiger partial charge in [-0.25, -0.2) is 4.79 Å². The Hall–Kier alpha value is -2.98. The molecule has 3 unspecified atom stereocenters. The van der Waals surface area contributed by atoms with Gasteiger partial charge in [0.2, 0.25) is 5.91 Å². The zero-order valence-corrected chi connectivity index (χ0v) is 21.7. The summed E-state index contributed by atoms with van der Waals surface area (Å²) in [4.78, 5) is 42.8. The van der Waals surface area contributed by atoms with Gasteiger partial charge in [-0.2, -0.15) is 0 Å². The summed E-state index contributed by atoms with van der Waals surface area (Å²) in [7, 11) is 0. The summed E-state index contributed by atoms with van der Waals surface area (Å²) in [5.41, 5.74) is 2.53. The number of ether oxygens (including phenoxy) is 1. The fourth-order valence-electron chi connectivity index (χ4n) is 5.60. The van der Waals surface area contributed by atoms with E-state index in [-0.39, 0.29) is 47.3 Å². The first-order valence-corrected chi connectivity index (χ1v) is 13.4. The minimum absolute atomic E-state index is 0.00822. The van der Waals surface area contributed by atoms with Gasteiger partial charge in [0, 0.05) is 36.4 Å². The zero-order valence-electron chi connectivity index (χ0n) is 20.9. The van der Waals surface area contributed by atoms with Gasteiger partial charge in [0.15, 0.2) is 0 Å². The lowest BCUT2D eigenvalue weighted by molar-refractivity contribution is -0.125. The molecule has 4 aliphatic rings. The molecule has 3 N–H and O–H groups in total. The van der Waals surface area contributed by atoms with Crippen molar-refractivity contribution in [1.29, 1.82) is 0 Å². The quantitative estimate of drug-likeness (QED) is 0.507. The zero-order chi connectivity index (χ0) is 25.6. The average molecular weight is 512 g/mol. The summed E-state index contributed by atoms with van der Waals surface area (Å²) in [6.45, 7) is 11.3. The van der Waals surface area contributed by atoms with Gasteiger partial charge in [-0.1, -0.05) is 18.3 Å². The van der Waals surface area contributed by atoms with E-state index in [4.69, 9.17) is 4.74 Å². The molecule has 4 atom stereocenters. The van der Waals surface area contributed by atoms with Crippen molar-refractivity contribution in [3.8, 4) is 5.75 Å². The highest BCUT2D eigenvalue weighted by Crippen LogP contribution is 2.48. The molecule has 192 valence electrons. The SMILES string of the molecule is C=CC(=O)N1CC[C@@H](NC(=O)C2=C3NC(=O)N(c4ccc(OC(C)C)cc4C)C4CCNC(S2)C34)C1. The van der Waals surface area contributed by atoms with Crippen LogP contribution in [0, 0.1) is 12.8 Å². The first-order valence-electron chi connectivity index (χ1n) is 12.5. The number of hydrogen-bond acceptors (Lipinski definition) is 6. The third kappa shape index (κ3) is 4.48. The molecule has 5 rings (SSSR count). The monoisotopic (exact) mass is 511 g/mol. The van der Waals surface area contributed by atoms with Crippen LogP contribution in [0.4, 0.5) is 10.5 Å². The summed E-state index contributed by atoms with van der Waals surface area (Å²) in [5, 5.41) is 9.67. The third-order valence-electron chi connectivity index (χ3n) is 7.16. The molecule has 1 aromatic carbocycles. The summed E-state index contributed by atoms with van der Waals surface area (Å²) < 4.78 is 5.83. The largest absolute Gasteiger partial charge is 0.491 e. The molecule has 4 heterocycles. The number of likely N-dealkylation sites (tertiary alicyclic amines) is 1. The summed E-state index contributed by atoms with van der Waals surface area (Å²) in [6.07, 6.45) is 2.86. The van der Waals surface area contributed by atoms with E-state index in [1.54, 1.807) is 4.90 Å². The fourth-order valence-corrected chi connectivity index (χ4v) is 7.00. The molecule has 3 fully saturated rings. The van der Waals surface area contributed by atoms with E-state index < -0.39 is 0 Å². The molecule has 0 bridgehead atoms. The minimum Gasteiger partial charge on any atom is -0.491 e. The van der Waals surface area contributed by atoms with Crippen molar-refractivity contribution in [1.82, 2.24) is 20.9 Å². The number of amides is 4. The lowest BCUT2D eigenvalue weighted by Gasteiger charge is -2.46. The Morgan fingerprint density at radius 2 is 2.11 bits per heavy atom. The Balaban J connectivity index is 1.37. The molecule has 0 aromatic heterocycles. The van der Waals surface area contributed by atoms with Crippen molar-refractivity contribution in [2.45, 2.75) is 57.2 Å². The van der Waals surface area contributed by atoms with Crippen molar-refractivity contribution in [2.75, 3.05) is 24.5 Å². The number of urea groups is 1.